The Morgan fingerprint density at radius 1 is 0.889 bits per heavy atom. The largest absolute Gasteiger partial charge is 0.454 e. The molecular formula is C35H27Br3N2O5. The van der Waals surface area contributed by atoms with E-state index in [4.69, 9.17) is 9.72 Å². The van der Waals surface area contributed by atoms with E-state index in [1.54, 1.807) is 42.5 Å². The van der Waals surface area contributed by atoms with Crippen molar-refractivity contribution in [1.82, 2.24) is 4.98 Å². The molecule has 10 heteroatoms. The number of imide groups is 1. The lowest BCUT2D eigenvalue weighted by molar-refractivity contribution is -0.123. The van der Waals surface area contributed by atoms with E-state index in [2.05, 4.69) is 47.8 Å². The lowest BCUT2D eigenvalue weighted by Gasteiger charge is -2.28. The van der Waals surface area contributed by atoms with Crippen LogP contribution in [0.25, 0.3) is 22.2 Å². The molecule has 0 radical (unpaired) electrons. The predicted molar refractivity (Wildman–Crippen MR) is 182 cm³/mol. The number of pyridine rings is 1. The van der Waals surface area contributed by atoms with Crippen molar-refractivity contribution in [1.29, 1.82) is 0 Å². The minimum atomic E-state index is -0.636. The van der Waals surface area contributed by atoms with E-state index in [0.29, 0.717) is 33.4 Å². The molecule has 1 saturated heterocycles. The number of ketones is 1. The number of carbonyl (C=O) groups excluding carboxylic acids is 4. The molecule has 3 aromatic carbocycles. The molecular weight excluding hydrogens is 768 g/mol. The van der Waals surface area contributed by atoms with Gasteiger partial charge in [0.05, 0.1) is 34.3 Å². The van der Waals surface area contributed by atoms with Crippen molar-refractivity contribution >= 4 is 87.9 Å². The molecule has 4 aromatic rings. The zero-order valence-electron chi connectivity index (χ0n) is 24.3. The number of benzene rings is 3. The summed E-state index contributed by atoms with van der Waals surface area (Å²) in [5.74, 6) is -1.51. The van der Waals surface area contributed by atoms with Crippen molar-refractivity contribution in [2.24, 2.45) is 23.7 Å². The molecule has 2 bridgehead atoms. The topological polar surface area (TPSA) is 93.6 Å². The number of carbonyl (C=O) groups is 4. The molecule has 1 aliphatic heterocycles. The van der Waals surface area contributed by atoms with E-state index < -0.39 is 12.6 Å². The summed E-state index contributed by atoms with van der Waals surface area (Å²) in [4.78, 5) is 59.8. The number of hydrogen-bond acceptors (Lipinski definition) is 6. The third-order valence-electron chi connectivity index (χ3n) is 9.40. The minimum absolute atomic E-state index is 0.135. The van der Waals surface area contributed by atoms with Gasteiger partial charge < -0.3 is 4.74 Å². The fourth-order valence-electron chi connectivity index (χ4n) is 7.19. The van der Waals surface area contributed by atoms with E-state index in [0.717, 1.165) is 22.0 Å². The summed E-state index contributed by atoms with van der Waals surface area (Å²) in [5.41, 5.74) is 5.00. The van der Waals surface area contributed by atoms with Gasteiger partial charge in [0.25, 0.3) is 0 Å². The van der Waals surface area contributed by atoms with E-state index in [9.17, 15) is 19.2 Å². The number of hydrogen-bond donors (Lipinski definition) is 0. The van der Waals surface area contributed by atoms with Gasteiger partial charge in [-0.25, -0.2) is 9.78 Å². The number of esters is 1. The fraction of sp³-hybridized carbons (Fsp3) is 0.286. The molecule has 7 nitrogen and oxygen atoms in total. The van der Waals surface area contributed by atoms with E-state index >= 15 is 0 Å². The molecule has 6 unspecified atom stereocenters. The third kappa shape index (κ3) is 5.09. The van der Waals surface area contributed by atoms with Gasteiger partial charge in [-0.05, 0) is 68.0 Å². The molecule has 45 heavy (non-hydrogen) atoms. The van der Waals surface area contributed by atoms with Crippen molar-refractivity contribution in [3.63, 3.8) is 0 Å². The number of aryl methyl sites for hydroxylation is 2. The van der Waals surface area contributed by atoms with Crippen molar-refractivity contribution in [2.45, 2.75) is 29.9 Å². The number of alkyl halides is 2. The Kier molecular flexibility index (Phi) is 7.81. The first-order valence-corrected chi connectivity index (χ1v) is 17.3. The lowest BCUT2D eigenvalue weighted by Crippen LogP contribution is -2.37. The first-order valence-electron chi connectivity index (χ1n) is 14.7. The second-order valence-electron chi connectivity index (χ2n) is 12.1. The molecule has 1 aromatic heterocycles. The van der Waals surface area contributed by atoms with Gasteiger partial charge in [-0.1, -0.05) is 89.8 Å². The van der Waals surface area contributed by atoms with E-state index in [-0.39, 0.29) is 56.5 Å². The van der Waals surface area contributed by atoms with Crippen molar-refractivity contribution in [3.8, 4) is 11.3 Å². The van der Waals surface area contributed by atoms with Crippen LogP contribution in [0.1, 0.15) is 38.3 Å². The number of fused-ring (bicyclic) bond motifs is 6. The highest BCUT2D eigenvalue weighted by atomic mass is 79.9. The zero-order valence-corrected chi connectivity index (χ0v) is 29.1. The van der Waals surface area contributed by atoms with Gasteiger partial charge in [-0.2, -0.15) is 0 Å². The quantitative estimate of drug-likeness (QED) is 0.0865. The summed E-state index contributed by atoms with van der Waals surface area (Å²) in [5, 5.41) is 0.597. The van der Waals surface area contributed by atoms with Crippen LogP contribution in [0, 0.1) is 37.5 Å². The first kappa shape index (κ1) is 30.4. The van der Waals surface area contributed by atoms with Gasteiger partial charge in [0.15, 0.2) is 12.4 Å². The number of anilines is 1. The van der Waals surface area contributed by atoms with Crippen molar-refractivity contribution < 1.29 is 23.9 Å². The molecule has 0 spiro atoms. The highest BCUT2D eigenvalue weighted by Crippen LogP contribution is 2.60. The Morgan fingerprint density at radius 2 is 1.51 bits per heavy atom. The number of ether oxygens (including phenoxy) is 1. The van der Waals surface area contributed by atoms with Gasteiger partial charge in [0, 0.05) is 30.6 Å². The van der Waals surface area contributed by atoms with Gasteiger partial charge in [-0.15, -0.1) is 0 Å². The normalized spacial score (nSPS) is 25.2. The Labute approximate surface area is 285 Å². The van der Waals surface area contributed by atoms with E-state index in [1.165, 1.54) is 4.90 Å². The number of aromatic nitrogens is 1. The van der Waals surface area contributed by atoms with Gasteiger partial charge >= 0.3 is 5.97 Å². The van der Waals surface area contributed by atoms with Gasteiger partial charge in [0.2, 0.25) is 11.8 Å². The third-order valence-corrected chi connectivity index (χ3v) is 13.1. The Balaban J connectivity index is 1.18. The number of Topliss-reactive ketones (excluding diaryl/α,β-unsaturated/α-hetero) is 1. The van der Waals surface area contributed by atoms with Crippen LogP contribution in [0.15, 0.2) is 71.2 Å². The average Bonchev–Trinajstić information content (AvgIpc) is 3.64. The summed E-state index contributed by atoms with van der Waals surface area (Å²) >= 11 is 11.0. The van der Waals surface area contributed by atoms with Crippen molar-refractivity contribution in [2.75, 3.05) is 11.5 Å². The van der Waals surface area contributed by atoms with Crippen LogP contribution in [0.2, 0.25) is 0 Å². The monoisotopic (exact) mass is 792 g/mol. The maximum Gasteiger partial charge on any atom is 0.339 e. The summed E-state index contributed by atoms with van der Waals surface area (Å²) < 4.78 is 6.30. The van der Waals surface area contributed by atoms with Crippen LogP contribution in [-0.2, 0) is 14.3 Å². The molecule has 3 fully saturated rings. The highest BCUT2D eigenvalue weighted by molar-refractivity contribution is 9.12. The zero-order chi connectivity index (χ0) is 31.7. The summed E-state index contributed by atoms with van der Waals surface area (Å²) in [6.07, 6.45) is 0.875. The van der Waals surface area contributed by atoms with Crippen LogP contribution in [-0.4, -0.2) is 44.8 Å². The van der Waals surface area contributed by atoms with Crippen LogP contribution < -0.4 is 4.90 Å². The standard InChI is InChI=1S/C35H27Br3N2O5/c1-16-3-5-19(6-4-16)27(41)15-45-35(44)23-14-26(39-32-17(2)11-20(36)12-22(23)32)18-7-9-21(10-8-18)40-33(42)28-24-13-25(29(28)34(40)43)31(38)30(24)37/h3-12,14,24-25,28-31H,13,15H2,1-2H3. The van der Waals surface area contributed by atoms with Crippen LogP contribution in [0.3, 0.4) is 0 Å². The maximum atomic E-state index is 13.5. The molecule has 2 saturated carbocycles. The maximum absolute atomic E-state index is 13.5. The SMILES string of the molecule is Cc1ccc(C(=O)COC(=O)c2cc(-c3ccc(N4C(=O)C5C6CC(C(Br)C6Br)C5C4=O)cc3)nc3c(C)cc(Br)cc23)cc1. The average molecular weight is 795 g/mol. The molecule has 2 amide bonds. The van der Waals surface area contributed by atoms with Crippen LogP contribution >= 0.6 is 47.8 Å². The number of nitrogens with zero attached hydrogens (tertiary/aromatic N) is 2. The summed E-state index contributed by atoms with van der Waals surface area (Å²) in [6.45, 7) is 3.45. The number of amides is 2. The Hall–Kier alpha value is -3.21. The van der Waals surface area contributed by atoms with Crippen LogP contribution in [0.5, 0.6) is 0 Å². The first-order chi connectivity index (χ1) is 21.5. The van der Waals surface area contributed by atoms with Crippen molar-refractivity contribution in [3.05, 3.63) is 93.5 Å². The second kappa shape index (κ2) is 11.5. The number of rotatable bonds is 6. The smallest absolute Gasteiger partial charge is 0.339 e. The molecule has 6 atom stereocenters. The lowest BCUT2D eigenvalue weighted by atomic mass is 9.81. The molecule has 2 heterocycles. The molecule has 7 rings (SSSR count). The predicted octanol–water partition coefficient (Wildman–Crippen LogP) is 7.60. The molecule has 3 aliphatic rings. The van der Waals surface area contributed by atoms with Crippen LogP contribution in [0.4, 0.5) is 5.69 Å². The fourth-order valence-corrected chi connectivity index (χ4v) is 9.64. The van der Waals surface area contributed by atoms with Gasteiger partial charge in [-0.3, -0.25) is 19.3 Å². The van der Waals surface area contributed by atoms with Gasteiger partial charge in [0.1, 0.15) is 0 Å². The highest BCUT2D eigenvalue weighted by Gasteiger charge is 2.66. The molecule has 0 N–H and O–H groups in total. The number of halogens is 3. The summed E-state index contributed by atoms with van der Waals surface area (Å²) in [7, 11) is 0. The Morgan fingerprint density at radius 3 is 2.13 bits per heavy atom. The minimum Gasteiger partial charge on any atom is -0.454 e. The molecule has 228 valence electrons. The van der Waals surface area contributed by atoms with E-state index in [1.807, 2.05) is 38.1 Å². The summed E-state index contributed by atoms with van der Waals surface area (Å²) in [6, 6.07) is 19.6. The Bertz CT molecular complexity index is 1880. The second-order valence-corrected chi connectivity index (χ2v) is 15.1. The molecule has 2 aliphatic carbocycles.